The van der Waals surface area contributed by atoms with Gasteiger partial charge in [-0.2, -0.15) is 5.10 Å². The van der Waals surface area contributed by atoms with Crippen molar-refractivity contribution >= 4 is 23.2 Å². The number of nitrogens with one attached hydrogen (secondary N) is 1. The summed E-state index contributed by atoms with van der Waals surface area (Å²) < 4.78 is 0. The molecular formula is C19H16ClN3O. The van der Waals surface area contributed by atoms with Gasteiger partial charge in [0.15, 0.2) is 0 Å². The highest BCUT2D eigenvalue weighted by molar-refractivity contribution is 6.31. The first kappa shape index (κ1) is 15.0. The molecule has 0 aliphatic carbocycles. The highest BCUT2D eigenvalue weighted by Crippen LogP contribution is 2.35. The van der Waals surface area contributed by atoms with Crippen molar-refractivity contribution in [1.82, 2.24) is 10.2 Å². The van der Waals surface area contributed by atoms with Crippen LogP contribution in [0.5, 0.6) is 0 Å². The van der Waals surface area contributed by atoms with Crippen molar-refractivity contribution < 1.29 is 4.79 Å². The maximum atomic E-state index is 12.8. The topological polar surface area (TPSA) is 49.0 Å². The van der Waals surface area contributed by atoms with Crippen molar-refractivity contribution in [2.75, 3.05) is 11.4 Å². The molecule has 1 aliphatic rings. The molecule has 1 aromatic heterocycles. The third-order valence-electron chi connectivity index (χ3n) is 4.50. The predicted octanol–water partition coefficient (Wildman–Crippen LogP) is 4.25. The van der Waals surface area contributed by atoms with E-state index >= 15 is 0 Å². The number of anilines is 1. The van der Waals surface area contributed by atoms with Gasteiger partial charge in [0.05, 0.1) is 12.1 Å². The van der Waals surface area contributed by atoms with E-state index in [0.717, 1.165) is 28.8 Å². The van der Waals surface area contributed by atoms with Crippen LogP contribution >= 0.6 is 11.6 Å². The Morgan fingerprint density at radius 3 is 2.58 bits per heavy atom. The number of rotatable bonds is 3. The van der Waals surface area contributed by atoms with Gasteiger partial charge in [0, 0.05) is 29.0 Å². The number of carbonyl (C=O) groups is 1. The number of nitrogens with zero attached hydrogens (tertiary/aromatic N) is 2. The molecule has 1 amide bonds. The normalized spacial score (nSPS) is 17.5. The number of halogens is 1. The average molecular weight is 338 g/mol. The molecule has 1 unspecified atom stereocenters. The largest absolute Gasteiger partial charge is 0.312 e. The van der Waals surface area contributed by atoms with Crippen LogP contribution in [0.2, 0.25) is 5.02 Å². The standard InChI is InChI=1S/C19H16ClN3O/c20-18-4-2-1-3-16(18)17-9-10-23(19(17)24)15-7-5-13(6-8-15)14-11-21-22-12-14/h1-8,11-12,17H,9-10H2,(H,21,22). The lowest BCUT2D eigenvalue weighted by atomic mass is 9.98. The maximum absolute atomic E-state index is 12.8. The maximum Gasteiger partial charge on any atom is 0.234 e. The molecule has 0 saturated carbocycles. The summed E-state index contributed by atoms with van der Waals surface area (Å²) in [7, 11) is 0. The molecule has 4 nitrogen and oxygen atoms in total. The first-order chi connectivity index (χ1) is 11.7. The molecule has 120 valence electrons. The zero-order valence-electron chi connectivity index (χ0n) is 12.9. The Balaban J connectivity index is 1.58. The van der Waals surface area contributed by atoms with Crippen LogP contribution < -0.4 is 4.90 Å². The van der Waals surface area contributed by atoms with E-state index in [-0.39, 0.29) is 11.8 Å². The smallest absolute Gasteiger partial charge is 0.234 e. The summed E-state index contributed by atoms with van der Waals surface area (Å²) in [6.07, 6.45) is 4.42. The minimum atomic E-state index is -0.160. The van der Waals surface area contributed by atoms with E-state index in [9.17, 15) is 4.79 Å². The van der Waals surface area contributed by atoms with Gasteiger partial charge in [-0.3, -0.25) is 9.89 Å². The van der Waals surface area contributed by atoms with Gasteiger partial charge in [-0.15, -0.1) is 0 Å². The molecule has 5 heteroatoms. The fourth-order valence-corrected chi connectivity index (χ4v) is 3.49. The van der Waals surface area contributed by atoms with Crippen LogP contribution in [0.1, 0.15) is 17.9 Å². The lowest BCUT2D eigenvalue weighted by Crippen LogP contribution is -2.26. The van der Waals surface area contributed by atoms with Gasteiger partial charge in [0.1, 0.15) is 0 Å². The lowest BCUT2D eigenvalue weighted by Gasteiger charge is -2.17. The molecule has 1 saturated heterocycles. The number of aromatic nitrogens is 2. The zero-order valence-corrected chi connectivity index (χ0v) is 13.7. The monoisotopic (exact) mass is 337 g/mol. The third kappa shape index (κ3) is 2.59. The summed E-state index contributed by atoms with van der Waals surface area (Å²) in [5, 5.41) is 7.43. The fourth-order valence-electron chi connectivity index (χ4n) is 3.23. The molecule has 1 atom stereocenters. The van der Waals surface area contributed by atoms with Crippen molar-refractivity contribution in [3.63, 3.8) is 0 Å². The number of benzene rings is 2. The number of aromatic amines is 1. The molecule has 24 heavy (non-hydrogen) atoms. The molecule has 4 rings (SSSR count). The summed E-state index contributed by atoms with van der Waals surface area (Å²) >= 11 is 6.26. The SMILES string of the molecule is O=C1C(c2ccccc2Cl)CCN1c1ccc(-c2cn[nH]c2)cc1. The molecule has 1 N–H and O–H groups in total. The number of amides is 1. The van der Waals surface area contributed by atoms with Crippen LogP contribution in [-0.2, 0) is 4.79 Å². The highest BCUT2D eigenvalue weighted by atomic mass is 35.5. The Bertz CT molecular complexity index is 859. The summed E-state index contributed by atoms with van der Waals surface area (Å²) in [4.78, 5) is 14.7. The molecule has 1 aliphatic heterocycles. The van der Waals surface area contributed by atoms with E-state index in [4.69, 9.17) is 11.6 Å². The van der Waals surface area contributed by atoms with Gasteiger partial charge in [0.25, 0.3) is 0 Å². The van der Waals surface area contributed by atoms with E-state index in [1.807, 2.05) is 59.6 Å². The molecule has 0 spiro atoms. The molecular weight excluding hydrogens is 322 g/mol. The Kier molecular flexibility index (Phi) is 3.82. The predicted molar refractivity (Wildman–Crippen MR) is 95.2 cm³/mol. The van der Waals surface area contributed by atoms with Crippen molar-refractivity contribution in [1.29, 1.82) is 0 Å². The van der Waals surface area contributed by atoms with Crippen molar-refractivity contribution in [2.24, 2.45) is 0 Å². The van der Waals surface area contributed by atoms with Crippen LogP contribution in [0.25, 0.3) is 11.1 Å². The van der Waals surface area contributed by atoms with Crippen LogP contribution in [0, 0.1) is 0 Å². The number of carbonyl (C=O) groups excluding carboxylic acids is 1. The Hall–Kier alpha value is -2.59. The minimum absolute atomic E-state index is 0.110. The lowest BCUT2D eigenvalue weighted by molar-refractivity contribution is -0.118. The molecule has 0 bridgehead atoms. The van der Waals surface area contributed by atoms with Crippen LogP contribution in [-0.4, -0.2) is 22.6 Å². The third-order valence-corrected chi connectivity index (χ3v) is 4.84. The molecule has 1 fully saturated rings. The van der Waals surface area contributed by atoms with E-state index in [1.54, 1.807) is 6.20 Å². The molecule has 0 radical (unpaired) electrons. The summed E-state index contributed by atoms with van der Waals surface area (Å²) in [6.45, 7) is 0.708. The fraction of sp³-hybridized carbons (Fsp3) is 0.158. The molecule has 3 aromatic rings. The molecule has 2 aromatic carbocycles. The first-order valence-corrected chi connectivity index (χ1v) is 8.27. The van der Waals surface area contributed by atoms with Crippen molar-refractivity contribution in [3.8, 4) is 11.1 Å². The van der Waals surface area contributed by atoms with Crippen LogP contribution in [0.4, 0.5) is 5.69 Å². The average Bonchev–Trinajstić information content (AvgIpc) is 3.26. The second-order valence-corrected chi connectivity index (χ2v) is 6.29. The van der Waals surface area contributed by atoms with E-state index in [0.29, 0.717) is 11.6 Å². The zero-order chi connectivity index (χ0) is 16.5. The van der Waals surface area contributed by atoms with E-state index in [2.05, 4.69) is 10.2 Å². The van der Waals surface area contributed by atoms with Gasteiger partial charge >= 0.3 is 0 Å². The Labute approximate surface area is 145 Å². The van der Waals surface area contributed by atoms with Crippen molar-refractivity contribution in [2.45, 2.75) is 12.3 Å². The Morgan fingerprint density at radius 2 is 1.88 bits per heavy atom. The van der Waals surface area contributed by atoms with Crippen LogP contribution in [0.3, 0.4) is 0 Å². The quantitative estimate of drug-likeness (QED) is 0.776. The van der Waals surface area contributed by atoms with Crippen LogP contribution in [0.15, 0.2) is 60.9 Å². The second-order valence-electron chi connectivity index (χ2n) is 5.89. The minimum Gasteiger partial charge on any atom is -0.312 e. The summed E-state index contributed by atoms with van der Waals surface area (Å²) in [5.74, 6) is -0.0496. The summed E-state index contributed by atoms with van der Waals surface area (Å²) in [6, 6.07) is 15.6. The second kappa shape index (κ2) is 6.13. The first-order valence-electron chi connectivity index (χ1n) is 7.89. The van der Waals surface area contributed by atoms with Gasteiger partial charge in [-0.1, -0.05) is 41.9 Å². The highest BCUT2D eigenvalue weighted by Gasteiger charge is 2.34. The number of hydrogen-bond acceptors (Lipinski definition) is 2. The van der Waals surface area contributed by atoms with Gasteiger partial charge in [0.2, 0.25) is 5.91 Å². The number of H-pyrrole nitrogens is 1. The summed E-state index contributed by atoms with van der Waals surface area (Å²) in [5.41, 5.74) is 3.94. The number of hydrogen-bond donors (Lipinski definition) is 1. The van der Waals surface area contributed by atoms with Gasteiger partial charge < -0.3 is 4.90 Å². The molecule has 2 heterocycles. The van der Waals surface area contributed by atoms with E-state index < -0.39 is 0 Å². The van der Waals surface area contributed by atoms with Crippen molar-refractivity contribution in [3.05, 3.63) is 71.5 Å². The van der Waals surface area contributed by atoms with E-state index in [1.165, 1.54) is 0 Å². The van der Waals surface area contributed by atoms with Gasteiger partial charge in [-0.05, 0) is 35.7 Å². The Morgan fingerprint density at radius 1 is 1.08 bits per heavy atom. The van der Waals surface area contributed by atoms with Gasteiger partial charge in [-0.25, -0.2) is 0 Å².